The van der Waals surface area contributed by atoms with Gasteiger partial charge in [0.2, 0.25) is 0 Å². The summed E-state index contributed by atoms with van der Waals surface area (Å²) in [5, 5.41) is 15.0. The number of unbranched alkanes of at least 4 members (excludes halogenated alkanes) is 5. The van der Waals surface area contributed by atoms with E-state index in [0.29, 0.717) is 63.1 Å². The molecule has 0 fully saturated rings. The number of rotatable bonds is 26. The molecule has 0 bridgehead atoms. The standard InChI is InChI=1S/C39H53N7O7/c1-4-5-8-17-37(47)53-52-25-24-50-23-22-49-20-9-6-7-10-21-51-34-16-12-13-31(27-34)30(2)43-39(48)32-14-11-15-33(26-32)41-28-36-44-45-38(46(36)3)35-18-19-40-29-42-35/h11-16,18-19,26-27,29-30,41H,4-10,17,20-25,28H2,1-3H3,(H,43,48). The van der Waals surface area contributed by atoms with Crippen molar-refractivity contribution in [3.63, 3.8) is 0 Å². The van der Waals surface area contributed by atoms with Crippen molar-refractivity contribution in [2.24, 2.45) is 7.05 Å². The molecule has 286 valence electrons. The van der Waals surface area contributed by atoms with Crippen molar-refractivity contribution in [1.82, 2.24) is 30.0 Å². The quantitative estimate of drug-likeness (QED) is 0.0416. The summed E-state index contributed by atoms with van der Waals surface area (Å²) in [5.74, 6) is 1.65. The van der Waals surface area contributed by atoms with Crippen LogP contribution in [0.1, 0.15) is 93.0 Å². The van der Waals surface area contributed by atoms with Gasteiger partial charge >= 0.3 is 5.97 Å². The Balaban J connectivity index is 1.05. The van der Waals surface area contributed by atoms with Gasteiger partial charge in [0.05, 0.1) is 39.0 Å². The number of hydrogen-bond acceptors (Lipinski definition) is 12. The van der Waals surface area contributed by atoms with Crippen LogP contribution in [0.4, 0.5) is 5.69 Å². The topological polar surface area (TPSA) is 161 Å². The molecule has 2 N–H and O–H groups in total. The molecular formula is C39H53N7O7. The van der Waals surface area contributed by atoms with Crippen molar-refractivity contribution in [1.29, 1.82) is 0 Å². The van der Waals surface area contributed by atoms with Crippen LogP contribution in [-0.2, 0) is 37.6 Å². The van der Waals surface area contributed by atoms with Crippen LogP contribution in [0.25, 0.3) is 11.5 Å². The summed E-state index contributed by atoms with van der Waals surface area (Å²) >= 11 is 0. The van der Waals surface area contributed by atoms with E-state index in [0.717, 1.165) is 67.8 Å². The zero-order valence-corrected chi connectivity index (χ0v) is 31.1. The van der Waals surface area contributed by atoms with E-state index in [1.807, 2.05) is 61.0 Å². The molecule has 1 unspecified atom stereocenters. The Morgan fingerprint density at radius 3 is 2.45 bits per heavy atom. The van der Waals surface area contributed by atoms with Crippen LogP contribution < -0.4 is 15.4 Å². The summed E-state index contributed by atoms with van der Waals surface area (Å²) in [5.41, 5.74) is 3.00. The molecule has 1 atom stereocenters. The average molecular weight is 732 g/mol. The Bertz CT molecular complexity index is 1650. The van der Waals surface area contributed by atoms with E-state index in [9.17, 15) is 9.59 Å². The van der Waals surface area contributed by atoms with E-state index in [-0.39, 0.29) is 24.5 Å². The van der Waals surface area contributed by atoms with Crippen molar-refractivity contribution < 1.29 is 33.6 Å². The second kappa shape index (κ2) is 23.6. The normalized spacial score (nSPS) is 11.6. The number of amides is 1. The summed E-state index contributed by atoms with van der Waals surface area (Å²) in [4.78, 5) is 42.4. The van der Waals surface area contributed by atoms with Crippen LogP contribution in [0, 0.1) is 0 Å². The molecule has 0 saturated carbocycles. The van der Waals surface area contributed by atoms with Crippen LogP contribution in [0.2, 0.25) is 0 Å². The van der Waals surface area contributed by atoms with E-state index in [1.54, 1.807) is 18.3 Å². The van der Waals surface area contributed by atoms with Gasteiger partial charge in [-0.2, -0.15) is 4.89 Å². The molecular weight excluding hydrogens is 678 g/mol. The number of hydrogen-bond donors (Lipinski definition) is 2. The maximum Gasteiger partial charge on any atom is 0.342 e. The molecule has 2 aromatic heterocycles. The summed E-state index contributed by atoms with van der Waals surface area (Å²) in [7, 11) is 1.89. The molecule has 4 rings (SSSR count). The Kier molecular flexibility index (Phi) is 18.2. The first-order chi connectivity index (χ1) is 25.9. The first kappa shape index (κ1) is 40.8. The summed E-state index contributed by atoms with van der Waals surface area (Å²) in [6.07, 6.45) is 10.4. The molecule has 14 heteroatoms. The van der Waals surface area contributed by atoms with Crippen LogP contribution >= 0.6 is 0 Å². The molecule has 14 nitrogen and oxygen atoms in total. The number of aromatic nitrogens is 5. The number of nitrogens with zero attached hydrogens (tertiary/aromatic N) is 5. The average Bonchev–Trinajstić information content (AvgIpc) is 3.55. The minimum atomic E-state index is -0.338. The van der Waals surface area contributed by atoms with E-state index in [4.69, 9.17) is 24.0 Å². The zero-order chi connectivity index (χ0) is 37.5. The van der Waals surface area contributed by atoms with E-state index < -0.39 is 0 Å². The Hall–Kier alpha value is -4.92. The van der Waals surface area contributed by atoms with Crippen molar-refractivity contribution in [2.45, 2.75) is 77.8 Å². The maximum absolute atomic E-state index is 13.2. The summed E-state index contributed by atoms with van der Waals surface area (Å²) < 4.78 is 18.9. The van der Waals surface area contributed by atoms with Crippen molar-refractivity contribution >= 4 is 17.6 Å². The van der Waals surface area contributed by atoms with Gasteiger partial charge in [0.1, 0.15) is 24.4 Å². The van der Waals surface area contributed by atoms with Gasteiger partial charge in [0.15, 0.2) is 11.6 Å². The van der Waals surface area contributed by atoms with Gasteiger partial charge in [-0.15, -0.1) is 10.2 Å². The van der Waals surface area contributed by atoms with Gasteiger partial charge in [-0.05, 0) is 74.6 Å². The van der Waals surface area contributed by atoms with Crippen LogP contribution in [-0.4, -0.2) is 76.3 Å². The molecule has 0 aliphatic heterocycles. The highest BCUT2D eigenvalue weighted by Gasteiger charge is 2.14. The van der Waals surface area contributed by atoms with Gasteiger partial charge in [-0.1, -0.05) is 44.4 Å². The molecule has 2 heterocycles. The summed E-state index contributed by atoms with van der Waals surface area (Å²) in [6, 6.07) is 16.8. The Labute approximate surface area is 311 Å². The van der Waals surface area contributed by atoms with Crippen molar-refractivity contribution in [3.05, 3.63) is 84.1 Å². The monoisotopic (exact) mass is 731 g/mol. The number of ether oxygens (including phenoxy) is 3. The lowest BCUT2D eigenvalue weighted by molar-refractivity contribution is -0.276. The van der Waals surface area contributed by atoms with Gasteiger partial charge in [-0.3, -0.25) is 9.68 Å². The first-order valence-electron chi connectivity index (χ1n) is 18.4. The van der Waals surface area contributed by atoms with Gasteiger partial charge < -0.3 is 29.4 Å². The van der Waals surface area contributed by atoms with E-state index in [1.165, 1.54) is 6.33 Å². The fourth-order valence-corrected chi connectivity index (χ4v) is 5.28. The smallest absolute Gasteiger partial charge is 0.342 e. The fraction of sp³-hybridized carbons (Fsp3) is 0.487. The lowest BCUT2D eigenvalue weighted by atomic mass is 10.1. The summed E-state index contributed by atoms with van der Waals surface area (Å²) in [6.45, 7) is 7.29. The van der Waals surface area contributed by atoms with Crippen LogP contribution in [0.5, 0.6) is 5.75 Å². The van der Waals surface area contributed by atoms with Crippen molar-refractivity contribution in [3.8, 4) is 17.3 Å². The van der Waals surface area contributed by atoms with Gasteiger partial charge in [-0.25, -0.2) is 14.8 Å². The third-order valence-corrected chi connectivity index (χ3v) is 8.33. The fourth-order valence-electron chi connectivity index (χ4n) is 5.28. The molecule has 0 aliphatic rings. The Morgan fingerprint density at radius 1 is 0.849 bits per heavy atom. The minimum absolute atomic E-state index is 0.170. The molecule has 0 saturated heterocycles. The lowest BCUT2D eigenvalue weighted by Gasteiger charge is -2.16. The predicted octanol–water partition coefficient (Wildman–Crippen LogP) is 6.40. The third kappa shape index (κ3) is 14.9. The number of nitrogens with one attached hydrogen (secondary N) is 2. The highest BCUT2D eigenvalue weighted by molar-refractivity contribution is 5.95. The first-order valence-corrected chi connectivity index (χ1v) is 18.4. The second-order valence-corrected chi connectivity index (χ2v) is 12.5. The second-order valence-electron chi connectivity index (χ2n) is 12.5. The van der Waals surface area contributed by atoms with Crippen molar-refractivity contribution in [2.75, 3.05) is 45.0 Å². The SMILES string of the molecule is CCCCCC(=O)OOCCOCCOCCCCCCOc1cccc(C(C)NC(=O)c2cccc(NCc3nnc(-c4ccncn4)n3C)c2)c1. The number of benzene rings is 2. The minimum Gasteiger partial charge on any atom is -0.494 e. The van der Waals surface area contributed by atoms with Crippen LogP contribution in [0.15, 0.2) is 67.1 Å². The van der Waals surface area contributed by atoms with E-state index in [2.05, 4.69) is 37.7 Å². The lowest BCUT2D eigenvalue weighted by Crippen LogP contribution is -2.26. The molecule has 2 aromatic carbocycles. The van der Waals surface area contributed by atoms with Crippen LogP contribution in [0.3, 0.4) is 0 Å². The van der Waals surface area contributed by atoms with Gasteiger partial charge in [0, 0.05) is 37.5 Å². The molecule has 0 aliphatic carbocycles. The number of carbonyl (C=O) groups is 2. The zero-order valence-electron chi connectivity index (χ0n) is 31.1. The largest absolute Gasteiger partial charge is 0.494 e. The molecule has 53 heavy (non-hydrogen) atoms. The van der Waals surface area contributed by atoms with E-state index >= 15 is 0 Å². The predicted molar refractivity (Wildman–Crippen MR) is 200 cm³/mol. The molecule has 0 radical (unpaired) electrons. The third-order valence-electron chi connectivity index (χ3n) is 8.33. The number of anilines is 1. The maximum atomic E-state index is 13.2. The molecule has 0 spiro atoms. The Morgan fingerprint density at radius 2 is 1.64 bits per heavy atom. The number of carbonyl (C=O) groups excluding carboxylic acids is 2. The highest BCUT2D eigenvalue weighted by Crippen LogP contribution is 2.21. The highest BCUT2D eigenvalue weighted by atomic mass is 17.2. The van der Waals surface area contributed by atoms with Gasteiger partial charge in [0.25, 0.3) is 5.91 Å². The molecule has 1 amide bonds. The molecule has 4 aromatic rings.